The molecule has 0 unspecified atom stereocenters. The fraction of sp³-hybridized carbons (Fsp3) is 0.333. The van der Waals surface area contributed by atoms with Crippen molar-refractivity contribution in [2.45, 2.75) is 26.7 Å². The standard InChI is InChI=1S/C12H15N5OS/c1-6(2)9-10(19-17-16-9)12(18)15-11-7(3)4-8(13)5-14-11/h4-6H,13H2,1-3H3,(H,14,15,18). The van der Waals surface area contributed by atoms with E-state index in [0.29, 0.717) is 22.1 Å². The molecule has 7 heteroatoms. The maximum Gasteiger partial charge on any atom is 0.270 e. The number of aromatic nitrogens is 3. The second kappa shape index (κ2) is 5.31. The summed E-state index contributed by atoms with van der Waals surface area (Å²) in [6.07, 6.45) is 1.51. The lowest BCUT2D eigenvalue weighted by Gasteiger charge is -2.08. The number of amides is 1. The molecule has 1 amide bonds. The molecule has 19 heavy (non-hydrogen) atoms. The largest absolute Gasteiger partial charge is 0.397 e. The van der Waals surface area contributed by atoms with Crippen molar-refractivity contribution < 1.29 is 4.79 Å². The van der Waals surface area contributed by atoms with Gasteiger partial charge in [-0.05, 0) is 36.0 Å². The number of pyridine rings is 1. The average Bonchev–Trinajstić information content (AvgIpc) is 2.82. The molecule has 0 spiro atoms. The van der Waals surface area contributed by atoms with E-state index in [0.717, 1.165) is 17.1 Å². The molecule has 100 valence electrons. The Bertz CT molecular complexity index is 608. The Labute approximate surface area is 115 Å². The predicted octanol–water partition coefficient (Wildman–Crippen LogP) is 2.20. The molecule has 0 bridgehead atoms. The molecule has 2 aromatic heterocycles. The molecule has 6 nitrogen and oxygen atoms in total. The Morgan fingerprint density at radius 2 is 2.21 bits per heavy atom. The number of hydrogen-bond acceptors (Lipinski definition) is 6. The van der Waals surface area contributed by atoms with E-state index in [4.69, 9.17) is 5.73 Å². The lowest BCUT2D eigenvalue weighted by atomic mass is 10.1. The molecule has 2 aromatic rings. The van der Waals surface area contributed by atoms with E-state index in [1.165, 1.54) is 6.20 Å². The first-order valence-corrected chi connectivity index (χ1v) is 6.62. The first kappa shape index (κ1) is 13.4. The van der Waals surface area contributed by atoms with Gasteiger partial charge in [0.25, 0.3) is 5.91 Å². The summed E-state index contributed by atoms with van der Waals surface area (Å²) >= 11 is 1.09. The first-order chi connectivity index (χ1) is 8.99. The molecule has 0 saturated carbocycles. The molecule has 0 fully saturated rings. The van der Waals surface area contributed by atoms with Crippen LogP contribution in [0.3, 0.4) is 0 Å². The molecule has 3 N–H and O–H groups in total. The molecule has 0 aromatic carbocycles. The number of aryl methyl sites for hydroxylation is 1. The zero-order valence-electron chi connectivity index (χ0n) is 11.0. The summed E-state index contributed by atoms with van der Waals surface area (Å²) < 4.78 is 3.83. The SMILES string of the molecule is Cc1cc(N)cnc1NC(=O)c1snnc1C(C)C. The highest BCUT2D eigenvalue weighted by molar-refractivity contribution is 7.08. The van der Waals surface area contributed by atoms with Crippen molar-refractivity contribution >= 4 is 28.9 Å². The maximum absolute atomic E-state index is 12.2. The smallest absolute Gasteiger partial charge is 0.270 e. The summed E-state index contributed by atoms with van der Waals surface area (Å²) in [6.45, 7) is 5.79. The van der Waals surface area contributed by atoms with Gasteiger partial charge in [0.1, 0.15) is 10.7 Å². The predicted molar refractivity (Wildman–Crippen MR) is 75.3 cm³/mol. The number of carbonyl (C=O) groups excluding carboxylic acids is 1. The molecule has 0 aliphatic rings. The highest BCUT2D eigenvalue weighted by atomic mass is 32.1. The van der Waals surface area contributed by atoms with Crippen LogP contribution in [0.25, 0.3) is 0 Å². The highest BCUT2D eigenvalue weighted by Crippen LogP contribution is 2.21. The van der Waals surface area contributed by atoms with Crippen molar-refractivity contribution in [3.8, 4) is 0 Å². The lowest BCUT2D eigenvalue weighted by molar-refractivity contribution is 0.102. The Kier molecular flexibility index (Phi) is 3.75. The molecule has 0 aliphatic heterocycles. The van der Waals surface area contributed by atoms with Crippen LogP contribution in [0.2, 0.25) is 0 Å². The molecule has 0 radical (unpaired) electrons. The van der Waals surface area contributed by atoms with Gasteiger partial charge in [-0.15, -0.1) is 5.10 Å². The monoisotopic (exact) mass is 277 g/mol. The number of nitrogens with zero attached hydrogens (tertiary/aromatic N) is 3. The van der Waals surface area contributed by atoms with Gasteiger partial charge in [0, 0.05) is 0 Å². The van der Waals surface area contributed by atoms with Gasteiger partial charge in [-0.2, -0.15) is 0 Å². The Morgan fingerprint density at radius 1 is 1.47 bits per heavy atom. The lowest BCUT2D eigenvalue weighted by Crippen LogP contribution is -2.15. The van der Waals surface area contributed by atoms with Crippen LogP contribution in [0.5, 0.6) is 0 Å². The number of nitrogens with one attached hydrogen (secondary N) is 1. The van der Waals surface area contributed by atoms with Gasteiger partial charge in [0.05, 0.1) is 17.6 Å². The van der Waals surface area contributed by atoms with E-state index in [1.807, 2.05) is 20.8 Å². The fourth-order valence-corrected chi connectivity index (χ4v) is 2.34. The van der Waals surface area contributed by atoms with Gasteiger partial charge in [-0.3, -0.25) is 4.79 Å². The van der Waals surface area contributed by atoms with E-state index in [1.54, 1.807) is 6.07 Å². The van der Waals surface area contributed by atoms with Crippen molar-refractivity contribution in [1.82, 2.24) is 14.6 Å². The fourth-order valence-electron chi connectivity index (χ4n) is 1.62. The summed E-state index contributed by atoms with van der Waals surface area (Å²) in [5.74, 6) is 0.418. The third kappa shape index (κ3) is 2.87. The summed E-state index contributed by atoms with van der Waals surface area (Å²) in [7, 11) is 0. The maximum atomic E-state index is 12.2. The molecule has 2 heterocycles. The molecule has 0 aliphatic carbocycles. The first-order valence-electron chi connectivity index (χ1n) is 5.84. The van der Waals surface area contributed by atoms with Crippen LogP contribution >= 0.6 is 11.5 Å². The minimum absolute atomic E-state index is 0.153. The van der Waals surface area contributed by atoms with Crippen molar-refractivity contribution in [2.24, 2.45) is 0 Å². The Hall–Kier alpha value is -2.02. The molecule has 0 atom stereocenters. The molecular formula is C12H15N5OS. The van der Waals surface area contributed by atoms with Crippen LogP contribution in [0.4, 0.5) is 11.5 Å². The van der Waals surface area contributed by atoms with Crippen LogP contribution < -0.4 is 11.1 Å². The van der Waals surface area contributed by atoms with Crippen LogP contribution in [0.1, 0.15) is 40.7 Å². The second-order valence-electron chi connectivity index (χ2n) is 4.53. The average molecular weight is 277 g/mol. The number of carbonyl (C=O) groups is 1. The Balaban J connectivity index is 2.23. The second-order valence-corrected chi connectivity index (χ2v) is 5.28. The third-order valence-corrected chi connectivity index (χ3v) is 3.34. The minimum atomic E-state index is -0.237. The van der Waals surface area contributed by atoms with Crippen LogP contribution in [-0.2, 0) is 0 Å². The van der Waals surface area contributed by atoms with Crippen molar-refractivity contribution in [2.75, 3.05) is 11.1 Å². The summed E-state index contributed by atoms with van der Waals surface area (Å²) in [4.78, 5) is 16.8. The van der Waals surface area contributed by atoms with E-state index >= 15 is 0 Å². The zero-order chi connectivity index (χ0) is 14.0. The van der Waals surface area contributed by atoms with E-state index in [-0.39, 0.29) is 11.8 Å². The van der Waals surface area contributed by atoms with Crippen LogP contribution in [0, 0.1) is 6.92 Å². The van der Waals surface area contributed by atoms with Gasteiger partial charge in [0.15, 0.2) is 0 Å². The number of nitrogen functional groups attached to an aromatic ring is 1. The third-order valence-electron chi connectivity index (χ3n) is 2.60. The molecule has 2 rings (SSSR count). The number of nitrogens with two attached hydrogens (primary N) is 1. The number of anilines is 2. The highest BCUT2D eigenvalue weighted by Gasteiger charge is 2.19. The topological polar surface area (TPSA) is 93.8 Å². The normalized spacial score (nSPS) is 10.7. The Morgan fingerprint density at radius 3 is 2.84 bits per heavy atom. The van der Waals surface area contributed by atoms with Gasteiger partial charge in [-0.1, -0.05) is 18.3 Å². The van der Waals surface area contributed by atoms with Crippen molar-refractivity contribution in [3.63, 3.8) is 0 Å². The van der Waals surface area contributed by atoms with E-state index < -0.39 is 0 Å². The number of hydrogen-bond donors (Lipinski definition) is 2. The summed E-state index contributed by atoms with van der Waals surface area (Å²) in [5.41, 5.74) is 7.71. The van der Waals surface area contributed by atoms with Crippen molar-refractivity contribution in [1.29, 1.82) is 0 Å². The van der Waals surface area contributed by atoms with Gasteiger partial charge >= 0.3 is 0 Å². The molecule has 0 saturated heterocycles. The molecular weight excluding hydrogens is 262 g/mol. The number of rotatable bonds is 3. The zero-order valence-corrected chi connectivity index (χ0v) is 11.8. The van der Waals surface area contributed by atoms with Crippen molar-refractivity contribution in [3.05, 3.63) is 28.4 Å². The van der Waals surface area contributed by atoms with Crippen LogP contribution in [-0.4, -0.2) is 20.5 Å². The summed E-state index contributed by atoms with van der Waals surface area (Å²) in [6, 6.07) is 1.76. The van der Waals surface area contributed by atoms with Gasteiger partial charge in [-0.25, -0.2) is 4.98 Å². The van der Waals surface area contributed by atoms with Crippen LogP contribution in [0.15, 0.2) is 12.3 Å². The quantitative estimate of drug-likeness (QED) is 0.897. The van der Waals surface area contributed by atoms with E-state index in [2.05, 4.69) is 19.9 Å². The van der Waals surface area contributed by atoms with Gasteiger partial charge in [0.2, 0.25) is 0 Å². The minimum Gasteiger partial charge on any atom is -0.397 e. The van der Waals surface area contributed by atoms with E-state index in [9.17, 15) is 4.79 Å². The summed E-state index contributed by atoms with van der Waals surface area (Å²) in [5, 5.41) is 6.74. The van der Waals surface area contributed by atoms with Gasteiger partial charge < -0.3 is 11.1 Å².